The maximum absolute atomic E-state index is 12.9. The van der Waals surface area contributed by atoms with Crippen molar-refractivity contribution in [1.82, 2.24) is 14.1 Å². The van der Waals surface area contributed by atoms with Crippen molar-refractivity contribution < 1.29 is 22.7 Å². The molecule has 0 amide bonds. The summed E-state index contributed by atoms with van der Waals surface area (Å²) in [4.78, 5) is 24.4. The lowest BCUT2D eigenvalue weighted by molar-refractivity contribution is 0.0594. The van der Waals surface area contributed by atoms with E-state index in [0.717, 1.165) is 19.4 Å². The molecule has 2 saturated heterocycles. The van der Waals surface area contributed by atoms with E-state index in [1.54, 1.807) is 6.20 Å². The molecule has 1 aromatic heterocycles. The number of anilines is 2. The Morgan fingerprint density at radius 3 is 2.58 bits per heavy atom. The minimum Gasteiger partial charge on any atom is -0.465 e. The predicted molar refractivity (Wildman–Crippen MR) is 136 cm³/mol. The first-order chi connectivity index (χ1) is 17.3. The number of piperidine rings is 1. The van der Waals surface area contributed by atoms with Gasteiger partial charge in [0.15, 0.2) is 0 Å². The number of aromatic nitrogens is 2. The van der Waals surface area contributed by atoms with Crippen molar-refractivity contribution >= 4 is 39.2 Å². The molecule has 1 atom stereocenters. The van der Waals surface area contributed by atoms with Crippen LogP contribution in [0.5, 0.6) is 0 Å². The van der Waals surface area contributed by atoms with E-state index in [4.69, 9.17) is 16.3 Å². The van der Waals surface area contributed by atoms with Crippen molar-refractivity contribution in [2.75, 3.05) is 50.0 Å². The van der Waals surface area contributed by atoms with Gasteiger partial charge in [-0.1, -0.05) is 11.6 Å². The maximum Gasteiger partial charge on any atom is 0.337 e. The molecule has 2 aliphatic heterocycles. The molecule has 4 rings (SSSR count). The van der Waals surface area contributed by atoms with E-state index in [1.807, 2.05) is 0 Å². The molecular formula is C23H30ClN5O6S. The highest BCUT2D eigenvalue weighted by molar-refractivity contribution is 7.90. The van der Waals surface area contributed by atoms with Crippen LogP contribution in [0.1, 0.15) is 42.1 Å². The van der Waals surface area contributed by atoms with E-state index >= 15 is 0 Å². The summed E-state index contributed by atoms with van der Waals surface area (Å²) in [7, 11) is -2.53. The highest BCUT2D eigenvalue weighted by Gasteiger charge is 2.30. The molecule has 2 aromatic rings. The zero-order valence-corrected chi connectivity index (χ0v) is 21.6. The monoisotopic (exact) mass is 539 g/mol. The Labute approximate surface area is 214 Å². The lowest BCUT2D eigenvalue weighted by Gasteiger charge is -2.31. The highest BCUT2D eigenvalue weighted by Crippen LogP contribution is 2.25. The van der Waals surface area contributed by atoms with Gasteiger partial charge in [-0.15, -0.1) is 0 Å². The van der Waals surface area contributed by atoms with Gasteiger partial charge in [0, 0.05) is 31.9 Å². The van der Waals surface area contributed by atoms with Crippen molar-refractivity contribution in [2.45, 2.75) is 31.7 Å². The van der Waals surface area contributed by atoms with Gasteiger partial charge in [-0.05, 0) is 55.9 Å². The van der Waals surface area contributed by atoms with Crippen LogP contribution in [0.25, 0.3) is 0 Å². The SMILES string of the molecule is COC(=O)c1ccc(NS(=O)(=O)N2CCC(n3ncc(NC[C@H]4CCCOC4)c(Cl)c3=O)CC2)cc1. The Hall–Kier alpha value is -2.67. The predicted octanol–water partition coefficient (Wildman–Crippen LogP) is 2.52. The molecule has 36 heavy (non-hydrogen) atoms. The Morgan fingerprint density at radius 1 is 1.22 bits per heavy atom. The molecule has 3 heterocycles. The molecule has 196 valence electrons. The van der Waals surface area contributed by atoms with E-state index in [9.17, 15) is 18.0 Å². The molecule has 2 N–H and O–H groups in total. The molecule has 2 fully saturated rings. The number of benzene rings is 1. The molecule has 0 bridgehead atoms. The molecular weight excluding hydrogens is 510 g/mol. The van der Waals surface area contributed by atoms with Gasteiger partial charge in [0.2, 0.25) is 0 Å². The summed E-state index contributed by atoms with van der Waals surface area (Å²) >= 11 is 6.35. The number of nitrogens with zero attached hydrogens (tertiary/aromatic N) is 3. The van der Waals surface area contributed by atoms with Gasteiger partial charge in [0.1, 0.15) is 5.02 Å². The summed E-state index contributed by atoms with van der Waals surface area (Å²) in [5.74, 6) is -0.138. The number of methoxy groups -OCH3 is 1. The number of ether oxygens (including phenoxy) is 2. The molecule has 11 nitrogen and oxygen atoms in total. The summed E-state index contributed by atoms with van der Waals surface area (Å²) < 4.78 is 41.0. The largest absolute Gasteiger partial charge is 0.465 e. The van der Waals surface area contributed by atoms with Crippen molar-refractivity contribution in [3.63, 3.8) is 0 Å². The average molecular weight is 540 g/mol. The number of esters is 1. The molecule has 0 radical (unpaired) electrons. The van der Waals surface area contributed by atoms with Gasteiger partial charge >= 0.3 is 16.2 Å². The van der Waals surface area contributed by atoms with E-state index in [0.29, 0.717) is 48.8 Å². The van der Waals surface area contributed by atoms with E-state index in [2.05, 4.69) is 19.9 Å². The number of nitrogens with one attached hydrogen (secondary N) is 2. The smallest absolute Gasteiger partial charge is 0.337 e. The molecule has 0 spiro atoms. The highest BCUT2D eigenvalue weighted by atomic mass is 35.5. The lowest BCUT2D eigenvalue weighted by atomic mass is 10.0. The second-order valence-electron chi connectivity index (χ2n) is 8.89. The zero-order chi connectivity index (χ0) is 25.7. The topological polar surface area (TPSA) is 132 Å². The molecule has 13 heteroatoms. The van der Waals surface area contributed by atoms with Crippen LogP contribution >= 0.6 is 11.6 Å². The average Bonchev–Trinajstić information content (AvgIpc) is 2.90. The number of rotatable bonds is 8. The van der Waals surface area contributed by atoms with Crippen molar-refractivity contribution in [1.29, 1.82) is 0 Å². The minimum atomic E-state index is -3.81. The third kappa shape index (κ3) is 6.17. The number of hydrogen-bond acceptors (Lipinski definition) is 8. The minimum absolute atomic E-state index is 0.0776. The van der Waals surface area contributed by atoms with Crippen LogP contribution in [-0.2, 0) is 19.7 Å². The number of carbonyl (C=O) groups excluding carboxylic acids is 1. The molecule has 2 aliphatic rings. The molecule has 0 aliphatic carbocycles. The van der Waals surface area contributed by atoms with Gasteiger partial charge in [0.25, 0.3) is 5.56 Å². The van der Waals surface area contributed by atoms with Crippen molar-refractivity contribution in [2.24, 2.45) is 5.92 Å². The number of halogens is 1. The van der Waals surface area contributed by atoms with Gasteiger partial charge in [0.05, 0.1) is 37.2 Å². The second-order valence-corrected chi connectivity index (χ2v) is 10.9. The van der Waals surface area contributed by atoms with E-state index < -0.39 is 21.7 Å². The van der Waals surface area contributed by atoms with Crippen LogP contribution in [0.15, 0.2) is 35.3 Å². The summed E-state index contributed by atoms with van der Waals surface area (Å²) in [6, 6.07) is 5.71. The number of hydrogen-bond donors (Lipinski definition) is 2. The summed E-state index contributed by atoms with van der Waals surface area (Å²) in [5.41, 5.74) is 0.747. The summed E-state index contributed by atoms with van der Waals surface area (Å²) in [6.07, 6.45) is 4.46. The lowest BCUT2D eigenvalue weighted by Crippen LogP contribution is -2.43. The third-order valence-corrected chi connectivity index (χ3v) is 8.35. The molecule has 1 aromatic carbocycles. The summed E-state index contributed by atoms with van der Waals surface area (Å²) in [6.45, 7) is 2.56. The van der Waals surface area contributed by atoms with Gasteiger partial charge in [-0.3, -0.25) is 9.52 Å². The molecule has 0 saturated carbocycles. The van der Waals surface area contributed by atoms with E-state index in [-0.39, 0.29) is 24.2 Å². The number of carbonyl (C=O) groups is 1. The quantitative estimate of drug-likeness (QED) is 0.489. The van der Waals surface area contributed by atoms with Crippen LogP contribution in [-0.4, -0.2) is 68.4 Å². The van der Waals surface area contributed by atoms with Crippen LogP contribution < -0.4 is 15.6 Å². The van der Waals surface area contributed by atoms with Gasteiger partial charge in [-0.2, -0.15) is 17.8 Å². The maximum atomic E-state index is 12.9. The normalized spacial score (nSPS) is 19.6. The standard InChI is InChI=1S/C23H30ClN5O6S/c1-34-23(31)17-4-6-18(7-5-17)27-36(32,33)28-10-8-19(9-11-28)29-22(30)21(24)20(14-26-29)25-13-16-3-2-12-35-15-16/h4-7,14,16,19,25,27H,2-3,8-13,15H2,1H3/t16-/m1/s1. The Balaban J connectivity index is 1.34. The van der Waals surface area contributed by atoms with Crippen molar-refractivity contribution in [3.8, 4) is 0 Å². The van der Waals surface area contributed by atoms with Crippen LogP contribution in [0.3, 0.4) is 0 Å². The van der Waals surface area contributed by atoms with E-state index in [1.165, 1.54) is 40.4 Å². The fraction of sp³-hybridized carbons (Fsp3) is 0.522. The van der Waals surface area contributed by atoms with Gasteiger partial charge < -0.3 is 14.8 Å². The fourth-order valence-corrected chi connectivity index (χ4v) is 5.84. The molecule has 0 unspecified atom stereocenters. The first kappa shape index (κ1) is 26.4. The first-order valence-electron chi connectivity index (χ1n) is 11.8. The Morgan fingerprint density at radius 2 is 1.94 bits per heavy atom. The van der Waals surface area contributed by atoms with Crippen LogP contribution in [0.2, 0.25) is 5.02 Å². The zero-order valence-electron chi connectivity index (χ0n) is 20.0. The third-order valence-electron chi connectivity index (χ3n) is 6.44. The first-order valence-corrected chi connectivity index (χ1v) is 13.7. The van der Waals surface area contributed by atoms with Crippen LogP contribution in [0.4, 0.5) is 11.4 Å². The fourth-order valence-electron chi connectivity index (χ4n) is 4.38. The Kier molecular flexibility index (Phi) is 8.50. The second kappa shape index (κ2) is 11.6. The Bertz CT molecular complexity index is 1220. The van der Waals surface area contributed by atoms with Crippen molar-refractivity contribution in [3.05, 3.63) is 51.4 Å². The van der Waals surface area contributed by atoms with Crippen LogP contribution in [0, 0.1) is 5.92 Å². The van der Waals surface area contributed by atoms with Gasteiger partial charge in [-0.25, -0.2) is 9.48 Å². The summed E-state index contributed by atoms with van der Waals surface area (Å²) in [5, 5.41) is 7.60.